The van der Waals surface area contributed by atoms with Crippen LogP contribution in [0.5, 0.6) is 0 Å². The molecule has 0 amide bonds. The van der Waals surface area contributed by atoms with Crippen molar-refractivity contribution in [2.45, 2.75) is 57.5 Å². The molecule has 1 aliphatic carbocycles. The zero-order valence-corrected chi connectivity index (χ0v) is 16.4. The van der Waals surface area contributed by atoms with E-state index in [0.717, 1.165) is 30.6 Å². The molecule has 146 valence electrons. The fourth-order valence-corrected chi connectivity index (χ4v) is 4.24. The second-order valence-corrected chi connectivity index (χ2v) is 7.90. The minimum absolute atomic E-state index is 0.00955. The highest BCUT2D eigenvalue weighted by Gasteiger charge is 2.43. The number of rotatable bonds is 8. The molecular weight excluding hydrogens is 333 g/mol. The van der Waals surface area contributed by atoms with Gasteiger partial charge in [-0.2, -0.15) is 0 Å². The topological polar surface area (TPSA) is 49.8 Å². The third-order valence-electron chi connectivity index (χ3n) is 5.59. The smallest absolute Gasteiger partial charge is 0.305 e. The summed E-state index contributed by atoms with van der Waals surface area (Å²) in [7, 11) is 3.41. The summed E-state index contributed by atoms with van der Waals surface area (Å²) in [5, 5.41) is 11.4. The molecule has 2 rings (SSSR count). The van der Waals surface area contributed by atoms with E-state index >= 15 is 0 Å². The lowest BCUT2D eigenvalue weighted by atomic mass is 9.66. The van der Waals surface area contributed by atoms with E-state index in [9.17, 15) is 14.3 Å². The van der Waals surface area contributed by atoms with Gasteiger partial charge in [-0.1, -0.05) is 19.9 Å². The molecule has 0 bridgehead atoms. The number of methoxy groups -OCH3 is 1. The van der Waals surface area contributed by atoms with Crippen LogP contribution in [-0.4, -0.2) is 48.8 Å². The maximum absolute atomic E-state index is 13.6. The molecule has 1 aromatic carbocycles. The minimum Gasteiger partial charge on any atom is -0.469 e. The summed E-state index contributed by atoms with van der Waals surface area (Å²) in [4.78, 5) is 13.4. The van der Waals surface area contributed by atoms with Gasteiger partial charge >= 0.3 is 5.97 Å². The lowest BCUT2D eigenvalue weighted by Crippen LogP contribution is -2.45. The SMILES string of the molecule is COC(=O)CCCN(C)CCC1(O)CCc2cc(F)ccc2C1C(C)C. The van der Waals surface area contributed by atoms with E-state index in [0.29, 0.717) is 25.7 Å². The Hall–Kier alpha value is -1.46. The summed E-state index contributed by atoms with van der Waals surface area (Å²) in [5.74, 6) is -0.112. The number of hydrogen-bond acceptors (Lipinski definition) is 4. The van der Waals surface area contributed by atoms with Crippen molar-refractivity contribution < 1.29 is 19.0 Å². The number of halogens is 1. The van der Waals surface area contributed by atoms with Crippen molar-refractivity contribution in [3.05, 3.63) is 35.1 Å². The second-order valence-electron chi connectivity index (χ2n) is 7.90. The van der Waals surface area contributed by atoms with E-state index < -0.39 is 5.60 Å². The molecule has 1 aliphatic rings. The highest BCUT2D eigenvalue weighted by molar-refractivity contribution is 5.69. The third kappa shape index (κ3) is 5.04. The van der Waals surface area contributed by atoms with Gasteiger partial charge in [0.25, 0.3) is 0 Å². The number of benzene rings is 1. The Balaban J connectivity index is 2.00. The monoisotopic (exact) mass is 365 g/mol. The fourth-order valence-electron chi connectivity index (χ4n) is 4.24. The van der Waals surface area contributed by atoms with Crippen LogP contribution in [0.2, 0.25) is 0 Å². The molecule has 0 aliphatic heterocycles. The number of aryl methyl sites for hydroxylation is 1. The van der Waals surface area contributed by atoms with E-state index in [4.69, 9.17) is 0 Å². The van der Waals surface area contributed by atoms with Gasteiger partial charge in [0.15, 0.2) is 0 Å². The third-order valence-corrected chi connectivity index (χ3v) is 5.59. The Morgan fingerprint density at radius 1 is 1.42 bits per heavy atom. The minimum atomic E-state index is -0.782. The molecule has 0 spiro atoms. The van der Waals surface area contributed by atoms with Crippen LogP contribution < -0.4 is 0 Å². The van der Waals surface area contributed by atoms with Gasteiger partial charge in [0.2, 0.25) is 0 Å². The quantitative estimate of drug-likeness (QED) is 0.716. The Bertz CT molecular complexity index is 619. The summed E-state index contributed by atoms with van der Waals surface area (Å²) in [6.45, 7) is 5.79. The van der Waals surface area contributed by atoms with Crippen molar-refractivity contribution in [3.63, 3.8) is 0 Å². The first-order valence-electron chi connectivity index (χ1n) is 9.53. The highest BCUT2D eigenvalue weighted by Crippen LogP contribution is 2.45. The number of fused-ring (bicyclic) bond motifs is 1. The van der Waals surface area contributed by atoms with Crippen molar-refractivity contribution >= 4 is 5.97 Å². The molecule has 0 fully saturated rings. The largest absolute Gasteiger partial charge is 0.469 e. The summed E-state index contributed by atoms with van der Waals surface area (Å²) in [6.07, 6.45) is 3.19. The van der Waals surface area contributed by atoms with Crippen molar-refractivity contribution in [1.29, 1.82) is 0 Å². The van der Waals surface area contributed by atoms with Crippen LogP contribution in [0.15, 0.2) is 18.2 Å². The number of esters is 1. The molecule has 0 heterocycles. The van der Waals surface area contributed by atoms with Crippen LogP contribution in [-0.2, 0) is 16.0 Å². The number of aliphatic hydroxyl groups is 1. The zero-order chi connectivity index (χ0) is 19.3. The average molecular weight is 365 g/mol. The van der Waals surface area contributed by atoms with Gasteiger partial charge in [-0.15, -0.1) is 0 Å². The number of carbonyl (C=O) groups is 1. The molecular formula is C21H32FNO3. The van der Waals surface area contributed by atoms with E-state index in [-0.39, 0.29) is 23.6 Å². The maximum atomic E-state index is 13.6. The van der Waals surface area contributed by atoms with Gasteiger partial charge in [-0.3, -0.25) is 4.79 Å². The predicted octanol–water partition coefficient (Wildman–Crippen LogP) is 3.52. The number of carbonyl (C=O) groups excluding carboxylic acids is 1. The molecule has 0 saturated heterocycles. The van der Waals surface area contributed by atoms with Crippen LogP contribution in [0.4, 0.5) is 4.39 Å². The first kappa shape index (κ1) is 20.8. The number of ether oxygens (including phenoxy) is 1. The molecule has 0 saturated carbocycles. The van der Waals surface area contributed by atoms with E-state index in [1.807, 2.05) is 13.1 Å². The first-order chi connectivity index (χ1) is 12.3. The molecule has 2 atom stereocenters. The van der Waals surface area contributed by atoms with Gasteiger partial charge < -0.3 is 14.7 Å². The van der Waals surface area contributed by atoms with Gasteiger partial charge in [-0.05, 0) is 68.5 Å². The Morgan fingerprint density at radius 3 is 2.81 bits per heavy atom. The summed E-state index contributed by atoms with van der Waals surface area (Å²) >= 11 is 0. The van der Waals surface area contributed by atoms with Gasteiger partial charge in [0.1, 0.15) is 5.82 Å². The molecule has 5 heteroatoms. The maximum Gasteiger partial charge on any atom is 0.305 e. The van der Waals surface area contributed by atoms with E-state index in [1.54, 1.807) is 6.07 Å². The highest BCUT2D eigenvalue weighted by atomic mass is 19.1. The van der Waals surface area contributed by atoms with Gasteiger partial charge in [0.05, 0.1) is 12.7 Å². The van der Waals surface area contributed by atoms with Crippen molar-refractivity contribution in [1.82, 2.24) is 4.90 Å². The number of nitrogens with zero attached hydrogens (tertiary/aromatic N) is 1. The fraction of sp³-hybridized carbons (Fsp3) is 0.667. The van der Waals surface area contributed by atoms with E-state index in [2.05, 4.69) is 23.5 Å². The molecule has 26 heavy (non-hydrogen) atoms. The molecule has 2 unspecified atom stereocenters. The molecule has 4 nitrogen and oxygen atoms in total. The average Bonchev–Trinajstić information content (AvgIpc) is 2.59. The lowest BCUT2D eigenvalue weighted by Gasteiger charge is -2.44. The van der Waals surface area contributed by atoms with Crippen LogP contribution >= 0.6 is 0 Å². The second kappa shape index (κ2) is 8.96. The normalized spacial score (nSPS) is 22.5. The molecule has 1 aromatic rings. The van der Waals surface area contributed by atoms with Crippen LogP contribution in [0.3, 0.4) is 0 Å². The van der Waals surface area contributed by atoms with Gasteiger partial charge in [0, 0.05) is 18.9 Å². The Morgan fingerprint density at radius 2 is 2.15 bits per heavy atom. The number of hydrogen-bond donors (Lipinski definition) is 1. The van der Waals surface area contributed by atoms with E-state index in [1.165, 1.54) is 13.2 Å². The standard InChI is InChI=1S/C21H32FNO3/c1-15(2)20-18-8-7-17(22)14-16(18)9-10-21(20,25)11-13-23(3)12-5-6-19(24)26-4/h7-8,14-15,20,25H,5-6,9-13H2,1-4H3. The van der Waals surface area contributed by atoms with Crippen molar-refractivity contribution in [3.8, 4) is 0 Å². The van der Waals surface area contributed by atoms with Crippen LogP contribution in [0.1, 0.15) is 56.6 Å². The molecule has 1 N–H and O–H groups in total. The lowest BCUT2D eigenvalue weighted by molar-refractivity contribution is -0.140. The van der Waals surface area contributed by atoms with Crippen molar-refractivity contribution in [2.24, 2.45) is 5.92 Å². The molecule has 0 aromatic heterocycles. The Labute approximate surface area is 156 Å². The predicted molar refractivity (Wildman–Crippen MR) is 101 cm³/mol. The zero-order valence-electron chi connectivity index (χ0n) is 16.4. The first-order valence-corrected chi connectivity index (χ1v) is 9.53. The summed E-state index contributed by atoms with van der Waals surface area (Å²) < 4.78 is 18.2. The molecule has 0 radical (unpaired) electrons. The van der Waals surface area contributed by atoms with Crippen LogP contribution in [0.25, 0.3) is 0 Å². The Kier molecular flexibility index (Phi) is 7.18. The van der Waals surface area contributed by atoms with Crippen LogP contribution in [0, 0.1) is 11.7 Å². The summed E-state index contributed by atoms with van der Waals surface area (Å²) in [6, 6.07) is 4.96. The van der Waals surface area contributed by atoms with Gasteiger partial charge in [-0.25, -0.2) is 4.39 Å². The summed E-state index contributed by atoms with van der Waals surface area (Å²) in [5.41, 5.74) is 1.33. The van der Waals surface area contributed by atoms with Crippen molar-refractivity contribution in [2.75, 3.05) is 27.2 Å².